The van der Waals surface area contributed by atoms with Crippen molar-refractivity contribution < 1.29 is 9.53 Å². The summed E-state index contributed by atoms with van der Waals surface area (Å²) in [5.74, 6) is 0.0963. The van der Waals surface area contributed by atoms with E-state index >= 15 is 0 Å². The van der Waals surface area contributed by atoms with E-state index in [1.165, 1.54) is 0 Å². The van der Waals surface area contributed by atoms with Crippen LogP contribution in [0.25, 0.3) is 10.6 Å². The summed E-state index contributed by atoms with van der Waals surface area (Å²) in [6.07, 6.45) is 3.31. The van der Waals surface area contributed by atoms with E-state index in [1.54, 1.807) is 11.3 Å². The molecule has 0 unspecified atom stereocenters. The number of ether oxygens (including phenoxy) is 1. The third kappa shape index (κ3) is 2.68. The summed E-state index contributed by atoms with van der Waals surface area (Å²) < 4.78 is 5.85. The number of nitrogens with one attached hydrogen (secondary N) is 1. The number of rotatable bonds is 4. The summed E-state index contributed by atoms with van der Waals surface area (Å²) in [7, 11) is 0. The highest BCUT2D eigenvalue weighted by atomic mass is 32.1. The first-order chi connectivity index (χ1) is 11.1. The van der Waals surface area contributed by atoms with Gasteiger partial charge in [-0.25, -0.2) is 4.98 Å². The number of carbonyl (C=O) groups is 1. The zero-order valence-corrected chi connectivity index (χ0v) is 13.9. The van der Waals surface area contributed by atoms with Gasteiger partial charge >= 0.3 is 0 Å². The molecule has 1 N–H and O–H groups in total. The Labute approximate surface area is 139 Å². The van der Waals surface area contributed by atoms with Crippen LogP contribution in [0.15, 0.2) is 35.7 Å². The molecule has 2 aliphatic rings. The molecule has 4 nitrogen and oxygen atoms in total. The van der Waals surface area contributed by atoms with Gasteiger partial charge in [0.25, 0.3) is 0 Å². The summed E-state index contributed by atoms with van der Waals surface area (Å²) >= 11 is 1.61. The lowest BCUT2D eigenvalue weighted by molar-refractivity contribution is -0.133. The average Bonchev–Trinajstić information content (AvgIpc) is 3.29. The Morgan fingerprint density at radius 3 is 2.91 bits per heavy atom. The molecule has 2 fully saturated rings. The lowest BCUT2D eigenvalue weighted by Gasteiger charge is -2.29. The summed E-state index contributed by atoms with van der Waals surface area (Å²) in [6, 6.07) is 10.1. The minimum Gasteiger partial charge on any atom is -0.374 e. The van der Waals surface area contributed by atoms with Crippen molar-refractivity contribution in [3.63, 3.8) is 0 Å². The molecular weight excluding hydrogens is 308 g/mol. The fourth-order valence-corrected chi connectivity index (χ4v) is 4.47. The summed E-state index contributed by atoms with van der Waals surface area (Å²) in [5, 5.41) is 6.06. The number of benzene rings is 1. The first-order valence-electron chi connectivity index (χ1n) is 8.09. The predicted octanol–water partition coefficient (Wildman–Crippen LogP) is 3.38. The van der Waals surface area contributed by atoms with Gasteiger partial charge in [0.1, 0.15) is 5.01 Å². The van der Waals surface area contributed by atoms with Crippen LogP contribution in [0.4, 0.5) is 0 Å². The average molecular weight is 328 g/mol. The molecule has 0 radical (unpaired) electrons. The molecule has 2 bridgehead atoms. The van der Waals surface area contributed by atoms with E-state index in [9.17, 15) is 4.79 Å². The van der Waals surface area contributed by atoms with Crippen LogP contribution in [0.1, 0.15) is 31.9 Å². The van der Waals surface area contributed by atoms with E-state index in [4.69, 9.17) is 4.74 Å². The summed E-state index contributed by atoms with van der Waals surface area (Å²) in [5.41, 5.74) is 1.65. The highest BCUT2D eigenvalue weighted by Gasteiger charge is 2.53. The Kier molecular flexibility index (Phi) is 3.70. The van der Waals surface area contributed by atoms with E-state index in [0.29, 0.717) is 6.54 Å². The third-order valence-electron chi connectivity index (χ3n) is 4.99. The molecule has 2 aromatic rings. The fourth-order valence-electron chi connectivity index (χ4n) is 3.64. The smallest absolute Gasteiger partial charge is 0.228 e. The van der Waals surface area contributed by atoms with Crippen molar-refractivity contribution >= 4 is 17.2 Å². The van der Waals surface area contributed by atoms with Gasteiger partial charge in [-0.1, -0.05) is 30.3 Å². The molecule has 2 aliphatic heterocycles. The van der Waals surface area contributed by atoms with Crippen molar-refractivity contribution in [2.24, 2.45) is 5.41 Å². The van der Waals surface area contributed by atoms with Crippen LogP contribution in [0, 0.1) is 5.41 Å². The number of hydrogen-bond donors (Lipinski definition) is 1. The molecule has 0 aliphatic carbocycles. The normalized spacial score (nSPS) is 28.9. The number of nitrogens with zero attached hydrogens (tertiary/aromatic N) is 1. The zero-order chi connectivity index (χ0) is 15.9. The van der Waals surface area contributed by atoms with E-state index in [2.05, 4.69) is 22.4 Å². The van der Waals surface area contributed by atoms with Gasteiger partial charge in [0.15, 0.2) is 0 Å². The molecule has 1 amide bonds. The SMILES string of the molecule is C[C@]1(C(=O)NCc2csc(-c3ccccc3)n2)C[C@H]2CC[C@H]1O2. The maximum atomic E-state index is 12.6. The Bertz CT molecular complexity index is 715. The van der Waals surface area contributed by atoms with Crippen LogP contribution in [-0.4, -0.2) is 23.1 Å². The third-order valence-corrected chi connectivity index (χ3v) is 5.93. The second-order valence-corrected chi connectivity index (χ2v) is 7.50. The number of hydrogen-bond acceptors (Lipinski definition) is 4. The number of fused-ring (bicyclic) bond motifs is 2. The van der Waals surface area contributed by atoms with E-state index < -0.39 is 0 Å². The molecule has 4 rings (SSSR count). The maximum absolute atomic E-state index is 12.6. The minimum absolute atomic E-state index is 0.0859. The van der Waals surface area contributed by atoms with Gasteiger partial charge < -0.3 is 10.1 Å². The van der Waals surface area contributed by atoms with Crippen molar-refractivity contribution in [1.29, 1.82) is 0 Å². The van der Waals surface area contributed by atoms with E-state index in [-0.39, 0.29) is 23.5 Å². The second-order valence-electron chi connectivity index (χ2n) is 6.64. The molecule has 0 spiro atoms. The predicted molar refractivity (Wildman–Crippen MR) is 90.0 cm³/mol. The monoisotopic (exact) mass is 328 g/mol. The van der Waals surface area contributed by atoms with Gasteiger partial charge in [0.2, 0.25) is 5.91 Å². The molecular formula is C18H20N2O2S. The Balaban J connectivity index is 1.40. The highest BCUT2D eigenvalue weighted by molar-refractivity contribution is 7.13. The molecule has 1 aromatic heterocycles. The van der Waals surface area contributed by atoms with Crippen molar-refractivity contribution in [1.82, 2.24) is 10.3 Å². The molecule has 1 aromatic carbocycles. The van der Waals surface area contributed by atoms with Gasteiger partial charge in [0, 0.05) is 10.9 Å². The molecule has 23 heavy (non-hydrogen) atoms. The van der Waals surface area contributed by atoms with Crippen LogP contribution in [0.5, 0.6) is 0 Å². The quantitative estimate of drug-likeness (QED) is 0.936. The molecule has 2 saturated heterocycles. The van der Waals surface area contributed by atoms with Crippen molar-refractivity contribution in [2.75, 3.05) is 0 Å². The largest absolute Gasteiger partial charge is 0.374 e. The number of aromatic nitrogens is 1. The summed E-state index contributed by atoms with van der Waals surface area (Å²) in [4.78, 5) is 17.2. The number of thiazole rings is 1. The Morgan fingerprint density at radius 2 is 2.22 bits per heavy atom. The lowest BCUT2D eigenvalue weighted by atomic mass is 9.75. The van der Waals surface area contributed by atoms with Gasteiger partial charge in [-0.2, -0.15) is 0 Å². The zero-order valence-electron chi connectivity index (χ0n) is 13.1. The highest BCUT2D eigenvalue weighted by Crippen LogP contribution is 2.47. The standard InChI is InChI=1S/C18H20N2O2S/c1-18(9-14-7-8-15(18)22-14)17(21)19-10-13-11-23-16(20-13)12-5-3-2-4-6-12/h2-6,11,14-15H,7-10H2,1H3,(H,19,21)/t14-,15-,18+/m1/s1. The van der Waals surface area contributed by atoms with Crippen LogP contribution < -0.4 is 5.32 Å². The first kappa shape index (κ1) is 14.8. The van der Waals surface area contributed by atoms with Gasteiger partial charge in [-0.3, -0.25) is 4.79 Å². The van der Waals surface area contributed by atoms with Gasteiger partial charge in [-0.15, -0.1) is 11.3 Å². The van der Waals surface area contributed by atoms with Gasteiger partial charge in [-0.05, 0) is 26.2 Å². The molecule has 3 heterocycles. The van der Waals surface area contributed by atoms with Crippen LogP contribution >= 0.6 is 11.3 Å². The number of carbonyl (C=O) groups excluding carboxylic acids is 1. The Morgan fingerprint density at radius 1 is 1.39 bits per heavy atom. The second kappa shape index (κ2) is 5.73. The van der Waals surface area contributed by atoms with E-state index in [1.807, 2.05) is 30.5 Å². The van der Waals surface area contributed by atoms with Crippen molar-refractivity contribution in [3.8, 4) is 10.6 Å². The van der Waals surface area contributed by atoms with Gasteiger partial charge in [0.05, 0.1) is 29.9 Å². The van der Waals surface area contributed by atoms with Crippen molar-refractivity contribution in [2.45, 2.75) is 44.9 Å². The first-order valence-corrected chi connectivity index (χ1v) is 8.97. The summed E-state index contributed by atoms with van der Waals surface area (Å²) in [6.45, 7) is 2.51. The molecule has 5 heteroatoms. The number of amides is 1. The molecule has 3 atom stereocenters. The van der Waals surface area contributed by atoms with Crippen LogP contribution in [0.2, 0.25) is 0 Å². The maximum Gasteiger partial charge on any atom is 0.228 e. The van der Waals surface area contributed by atoms with Crippen LogP contribution in [0.3, 0.4) is 0 Å². The minimum atomic E-state index is -0.374. The Hall–Kier alpha value is -1.72. The van der Waals surface area contributed by atoms with Crippen LogP contribution in [-0.2, 0) is 16.1 Å². The van der Waals surface area contributed by atoms with Crippen molar-refractivity contribution in [3.05, 3.63) is 41.4 Å². The molecule has 120 valence electrons. The fraction of sp³-hybridized carbons (Fsp3) is 0.444. The lowest BCUT2D eigenvalue weighted by Crippen LogP contribution is -2.44. The van der Waals surface area contributed by atoms with E-state index in [0.717, 1.165) is 35.5 Å². The molecule has 0 saturated carbocycles. The topological polar surface area (TPSA) is 51.2 Å².